The first-order valence-corrected chi connectivity index (χ1v) is 12.6. The van der Waals surface area contributed by atoms with E-state index in [0.717, 1.165) is 66.0 Å². The Bertz CT molecular complexity index is 993. The zero-order valence-electron chi connectivity index (χ0n) is 18.5. The highest BCUT2D eigenvalue weighted by Crippen LogP contribution is 2.30. The molecule has 3 aromatic rings. The van der Waals surface area contributed by atoms with Gasteiger partial charge in [0.2, 0.25) is 5.91 Å². The quantitative estimate of drug-likeness (QED) is 0.310. The van der Waals surface area contributed by atoms with E-state index in [4.69, 9.17) is 17.3 Å². The SMILES string of the molecule is CCCC(CCCC(N)=O)c1nnc(SCc2cccc(Cl)c2)n1CCc1ccccc1. The van der Waals surface area contributed by atoms with Crippen LogP contribution in [0.2, 0.25) is 5.02 Å². The molecule has 0 aliphatic heterocycles. The predicted molar refractivity (Wildman–Crippen MR) is 132 cm³/mol. The van der Waals surface area contributed by atoms with E-state index in [1.165, 1.54) is 5.56 Å². The number of carbonyl (C=O) groups excluding carboxylic acids is 1. The first-order valence-electron chi connectivity index (χ1n) is 11.2. The normalized spacial score (nSPS) is 12.1. The lowest BCUT2D eigenvalue weighted by molar-refractivity contribution is -0.118. The van der Waals surface area contributed by atoms with Crippen molar-refractivity contribution in [3.63, 3.8) is 0 Å². The molecule has 0 bridgehead atoms. The Morgan fingerprint density at radius 1 is 1.09 bits per heavy atom. The average Bonchev–Trinajstić information content (AvgIpc) is 3.19. The summed E-state index contributed by atoms with van der Waals surface area (Å²) in [5.41, 5.74) is 7.81. The summed E-state index contributed by atoms with van der Waals surface area (Å²) in [5.74, 6) is 1.82. The van der Waals surface area contributed by atoms with Gasteiger partial charge in [0.1, 0.15) is 5.82 Å². The summed E-state index contributed by atoms with van der Waals surface area (Å²) < 4.78 is 2.27. The van der Waals surface area contributed by atoms with Crippen LogP contribution in [0.4, 0.5) is 0 Å². The molecule has 1 amide bonds. The molecule has 2 N–H and O–H groups in total. The number of aryl methyl sites for hydroxylation is 1. The van der Waals surface area contributed by atoms with Gasteiger partial charge in [-0.05, 0) is 48.9 Å². The van der Waals surface area contributed by atoms with Gasteiger partial charge in [-0.25, -0.2) is 0 Å². The van der Waals surface area contributed by atoms with Crippen LogP contribution in [0.25, 0.3) is 0 Å². The first kappa shape index (κ1) is 24.3. The Morgan fingerprint density at radius 3 is 2.59 bits per heavy atom. The average molecular weight is 471 g/mol. The van der Waals surface area contributed by atoms with Crippen LogP contribution in [0.1, 0.15) is 61.9 Å². The van der Waals surface area contributed by atoms with Crippen molar-refractivity contribution in [3.8, 4) is 0 Å². The first-order chi connectivity index (χ1) is 15.6. The van der Waals surface area contributed by atoms with Gasteiger partial charge in [-0.15, -0.1) is 10.2 Å². The number of halogens is 1. The second-order valence-electron chi connectivity index (χ2n) is 7.99. The second kappa shape index (κ2) is 12.7. The highest BCUT2D eigenvalue weighted by Gasteiger charge is 2.21. The summed E-state index contributed by atoms with van der Waals surface area (Å²) in [6, 6.07) is 18.4. The summed E-state index contributed by atoms with van der Waals surface area (Å²) in [6.07, 6.45) is 5.06. The lowest BCUT2D eigenvalue weighted by atomic mass is 9.96. The van der Waals surface area contributed by atoms with E-state index in [1.807, 2.05) is 24.3 Å². The summed E-state index contributed by atoms with van der Waals surface area (Å²) in [7, 11) is 0. The van der Waals surface area contributed by atoms with Crippen molar-refractivity contribution in [2.24, 2.45) is 5.73 Å². The van der Waals surface area contributed by atoms with E-state index in [-0.39, 0.29) is 11.8 Å². The van der Waals surface area contributed by atoms with E-state index in [0.29, 0.717) is 6.42 Å². The minimum atomic E-state index is -0.247. The van der Waals surface area contributed by atoms with Crippen LogP contribution in [0, 0.1) is 0 Å². The van der Waals surface area contributed by atoms with Gasteiger partial charge in [0.15, 0.2) is 5.16 Å². The number of hydrogen-bond acceptors (Lipinski definition) is 4. The van der Waals surface area contributed by atoms with Gasteiger partial charge in [0.05, 0.1) is 0 Å². The maximum atomic E-state index is 11.2. The number of nitrogens with zero attached hydrogens (tertiary/aromatic N) is 3. The van der Waals surface area contributed by atoms with Crippen LogP contribution in [0.15, 0.2) is 59.8 Å². The number of thioether (sulfide) groups is 1. The monoisotopic (exact) mass is 470 g/mol. The van der Waals surface area contributed by atoms with Crippen molar-refractivity contribution < 1.29 is 4.79 Å². The smallest absolute Gasteiger partial charge is 0.217 e. The van der Waals surface area contributed by atoms with Crippen LogP contribution < -0.4 is 5.73 Å². The standard InChI is InChI=1S/C25H31ClN4OS/c1-2-8-21(12-7-14-23(27)31)24-28-29-25(32-18-20-11-6-13-22(26)17-20)30(24)16-15-19-9-4-3-5-10-19/h3-6,9-11,13,17,21H,2,7-8,12,14-16,18H2,1H3,(H2,27,31). The minimum absolute atomic E-state index is 0.247. The number of nitrogens with two attached hydrogens (primary N) is 1. The van der Waals surface area contributed by atoms with Crippen LogP contribution >= 0.6 is 23.4 Å². The lowest BCUT2D eigenvalue weighted by Gasteiger charge is -2.18. The number of rotatable bonds is 13. The van der Waals surface area contributed by atoms with Gasteiger partial charge < -0.3 is 10.3 Å². The fourth-order valence-electron chi connectivity index (χ4n) is 3.85. The van der Waals surface area contributed by atoms with Crippen molar-refractivity contribution in [2.75, 3.05) is 0 Å². The molecule has 0 aliphatic carbocycles. The molecule has 1 aromatic heterocycles. The molecule has 0 saturated carbocycles. The summed E-state index contributed by atoms with van der Waals surface area (Å²) in [4.78, 5) is 11.2. The van der Waals surface area contributed by atoms with Gasteiger partial charge in [-0.2, -0.15) is 0 Å². The molecular weight excluding hydrogens is 440 g/mol. The Balaban J connectivity index is 1.80. The molecule has 0 spiro atoms. The predicted octanol–water partition coefficient (Wildman–Crippen LogP) is 6.01. The van der Waals surface area contributed by atoms with E-state index < -0.39 is 0 Å². The number of hydrogen-bond donors (Lipinski definition) is 1. The summed E-state index contributed by atoms with van der Waals surface area (Å²) in [6.45, 7) is 3.00. The maximum Gasteiger partial charge on any atom is 0.217 e. The lowest BCUT2D eigenvalue weighted by Crippen LogP contribution is -2.14. The fraction of sp³-hybridized carbons (Fsp3) is 0.400. The Morgan fingerprint density at radius 2 is 1.88 bits per heavy atom. The van der Waals surface area contributed by atoms with Crippen molar-refractivity contribution in [1.29, 1.82) is 0 Å². The Labute approximate surface area is 199 Å². The molecule has 7 heteroatoms. The summed E-state index contributed by atoms with van der Waals surface area (Å²) >= 11 is 7.84. The van der Waals surface area contributed by atoms with E-state index in [9.17, 15) is 4.79 Å². The highest BCUT2D eigenvalue weighted by atomic mass is 35.5. The van der Waals surface area contributed by atoms with Crippen LogP contribution in [0.3, 0.4) is 0 Å². The minimum Gasteiger partial charge on any atom is -0.370 e. The zero-order chi connectivity index (χ0) is 22.8. The maximum absolute atomic E-state index is 11.2. The van der Waals surface area contributed by atoms with Crippen molar-refractivity contribution >= 4 is 29.3 Å². The molecule has 3 rings (SSSR count). The Hall–Kier alpha value is -2.31. The third kappa shape index (κ3) is 7.38. The van der Waals surface area contributed by atoms with Gasteiger partial charge in [0.25, 0.3) is 0 Å². The molecule has 1 atom stereocenters. The summed E-state index contributed by atoms with van der Waals surface area (Å²) in [5, 5.41) is 10.9. The number of primary amides is 1. The van der Waals surface area contributed by atoms with Crippen LogP contribution in [0.5, 0.6) is 0 Å². The molecule has 0 fully saturated rings. The zero-order valence-corrected chi connectivity index (χ0v) is 20.1. The second-order valence-corrected chi connectivity index (χ2v) is 9.37. The van der Waals surface area contributed by atoms with E-state index in [1.54, 1.807) is 11.8 Å². The number of carbonyl (C=O) groups is 1. The number of amides is 1. The molecule has 32 heavy (non-hydrogen) atoms. The van der Waals surface area contributed by atoms with E-state index >= 15 is 0 Å². The topological polar surface area (TPSA) is 73.8 Å². The van der Waals surface area contributed by atoms with Crippen LogP contribution in [-0.2, 0) is 23.5 Å². The molecule has 170 valence electrons. The molecule has 0 radical (unpaired) electrons. The third-order valence-corrected chi connectivity index (χ3v) is 6.72. The van der Waals surface area contributed by atoms with Crippen molar-refractivity contribution in [3.05, 3.63) is 76.6 Å². The highest BCUT2D eigenvalue weighted by molar-refractivity contribution is 7.98. The van der Waals surface area contributed by atoms with Crippen molar-refractivity contribution in [1.82, 2.24) is 14.8 Å². The molecule has 2 aromatic carbocycles. The molecule has 5 nitrogen and oxygen atoms in total. The molecular formula is C25H31ClN4OS. The number of benzene rings is 2. The molecule has 0 aliphatic rings. The number of aromatic nitrogens is 3. The fourth-order valence-corrected chi connectivity index (χ4v) is 4.98. The molecule has 0 saturated heterocycles. The van der Waals surface area contributed by atoms with Crippen LogP contribution in [-0.4, -0.2) is 20.7 Å². The molecule has 1 heterocycles. The van der Waals surface area contributed by atoms with Crippen molar-refractivity contribution in [2.45, 2.75) is 68.8 Å². The molecule has 1 unspecified atom stereocenters. The van der Waals surface area contributed by atoms with Gasteiger partial charge in [-0.1, -0.05) is 79.2 Å². The van der Waals surface area contributed by atoms with Gasteiger partial charge in [0, 0.05) is 29.7 Å². The third-order valence-electron chi connectivity index (χ3n) is 5.45. The largest absolute Gasteiger partial charge is 0.370 e. The Kier molecular flexibility index (Phi) is 9.62. The van der Waals surface area contributed by atoms with Gasteiger partial charge >= 0.3 is 0 Å². The van der Waals surface area contributed by atoms with Gasteiger partial charge in [-0.3, -0.25) is 4.79 Å². The van der Waals surface area contributed by atoms with E-state index in [2.05, 4.69) is 52.0 Å².